The van der Waals surface area contributed by atoms with Gasteiger partial charge in [-0.15, -0.1) is 0 Å². The van der Waals surface area contributed by atoms with Crippen molar-refractivity contribution in [3.05, 3.63) is 24.2 Å². The zero-order chi connectivity index (χ0) is 25.6. The van der Waals surface area contributed by atoms with Crippen LogP contribution in [0.4, 0.5) is 5.82 Å². The smallest absolute Gasteiger partial charge is 0.246 e. The molecule has 9 heteroatoms. The molecule has 1 unspecified atom stereocenters. The van der Waals surface area contributed by atoms with Gasteiger partial charge in [-0.05, 0) is 59.4 Å². The molecule has 0 saturated carbocycles. The molecule has 3 rings (SSSR count). The van der Waals surface area contributed by atoms with E-state index in [1.54, 1.807) is 6.08 Å². The minimum Gasteiger partial charge on any atom is -0.383 e. The Hall–Kier alpha value is -2.52. The van der Waals surface area contributed by atoms with Crippen molar-refractivity contribution in [3.8, 4) is 0 Å². The fourth-order valence-electron chi connectivity index (χ4n) is 4.41. The van der Waals surface area contributed by atoms with Crippen LogP contribution >= 0.6 is 0 Å². The van der Waals surface area contributed by atoms with E-state index in [4.69, 9.17) is 10.5 Å². The first-order valence-electron chi connectivity index (χ1n) is 12.8. The maximum Gasteiger partial charge on any atom is 0.246 e. The molecule has 0 bridgehead atoms. The minimum atomic E-state index is -0.143. The number of anilines is 1. The quantitative estimate of drug-likeness (QED) is 0.485. The predicted octanol–water partition coefficient (Wildman–Crippen LogP) is 3.60. The van der Waals surface area contributed by atoms with Crippen molar-refractivity contribution < 1.29 is 9.53 Å². The van der Waals surface area contributed by atoms with Gasteiger partial charge in [0.05, 0.1) is 22.7 Å². The molecule has 2 aromatic rings. The number of ether oxygens (including phenoxy) is 1. The van der Waals surface area contributed by atoms with E-state index in [1.165, 1.54) is 6.33 Å². The van der Waals surface area contributed by atoms with Crippen LogP contribution < -0.4 is 5.73 Å². The molecule has 3 heterocycles. The highest BCUT2D eigenvalue weighted by Gasteiger charge is 2.27. The van der Waals surface area contributed by atoms with Crippen molar-refractivity contribution >= 4 is 22.8 Å². The lowest BCUT2D eigenvalue weighted by atomic mass is 10.0. The standard InChI is InChI=1S/C26H43N7O2/c1-19(2)11-16-35-26(4,5)12-15-31(6)13-8-10-22(34)32-14-7-9-21(17-32)33-25-23(20(3)30-33)24(27)28-18-29-25/h8,10,18-19,21H,7,9,11-17H2,1-6H3,(H2,27,28,29)/b10-8+. The summed E-state index contributed by atoms with van der Waals surface area (Å²) in [7, 11) is 2.08. The summed E-state index contributed by atoms with van der Waals surface area (Å²) in [6.45, 7) is 14.5. The summed E-state index contributed by atoms with van der Waals surface area (Å²) in [5.74, 6) is 1.14. The van der Waals surface area contributed by atoms with Gasteiger partial charge in [0.25, 0.3) is 0 Å². The Balaban J connectivity index is 1.49. The van der Waals surface area contributed by atoms with Crippen molar-refractivity contribution in [2.45, 2.75) is 71.9 Å². The molecule has 2 aromatic heterocycles. The molecular formula is C26H43N7O2. The second-order valence-corrected chi connectivity index (χ2v) is 10.8. The van der Waals surface area contributed by atoms with Crippen molar-refractivity contribution in [3.63, 3.8) is 0 Å². The van der Waals surface area contributed by atoms with Gasteiger partial charge in [-0.2, -0.15) is 5.10 Å². The Bertz CT molecular complexity index is 1010. The number of nitrogens with zero attached hydrogens (tertiary/aromatic N) is 6. The van der Waals surface area contributed by atoms with E-state index in [1.807, 2.05) is 22.6 Å². The topological polar surface area (TPSA) is 102 Å². The van der Waals surface area contributed by atoms with Gasteiger partial charge >= 0.3 is 0 Å². The number of nitrogen functional groups attached to an aromatic ring is 1. The Morgan fingerprint density at radius 2 is 2.14 bits per heavy atom. The van der Waals surface area contributed by atoms with Gasteiger partial charge in [-0.3, -0.25) is 4.79 Å². The summed E-state index contributed by atoms with van der Waals surface area (Å²) in [5, 5.41) is 5.48. The lowest BCUT2D eigenvalue weighted by Gasteiger charge is -2.32. The predicted molar refractivity (Wildman–Crippen MR) is 140 cm³/mol. The number of rotatable bonds is 11. The third-order valence-corrected chi connectivity index (χ3v) is 6.71. The summed E-state index contributed by atoms with van der Waals surface area (Å²) < 4.78 is 7.99. The first kappa shape index (κ1) is 27.1. The van der Waals surface area contributed by atoms with Crippen LogP contribution in [0.15, 0.2) is 18.5 Å². The van der Waals surface area contributed by atoms with Gasteiger partial charge in [0.1, 0.15) is 12.1 Å². The molecule has 2 N–H and O–H groups in total. The molecule has 1 aliphatic rings. The molecule has 194 valence electrons. The number of aryl methyl sites for hydroxylation is 1. The fourth-order valence-corrected chi connectivity index (χ4v) is 4.41. The maximum atomic E-state index is 12.9. The highest BCUT2D eigenvalue weighted by atomic mass is 16.5. The Labute approximate surface area is 209 Å². The minimum absolute atomic E-state index is 0.0442. The Kier molecular flexibility index (Phi) is 9.24. The number of nitrogens with two attached hydrogens (primary N) is 1. The van der Waals surface area contributed by atoms with Crippen LogP contribution in [-0.2, 0) is 9.53 Å². The number of likely N-dealkylation sites (N-methyl/N-ethyl adjacent to an activating group) is 1. The lowest BCUT2D eigenvalue weighted by Crippen LogP contribution is -2.40. The molecule has 1 fully saturated rings. The number of hydrogen-bond acceptors (Lipinski definition) is 7. The van der Waals surface area contributed by atoms with Crippen molar-refractivity contribution in [2.24, 2.45) is 5.92 Å². The van der Waals surface area contributed by atoms with E-state index in [0.29, 0.717) is 18.3 Å². The largest absolute Gasteiger partial charge is 0.383 e. The fraction of sp³-hybridized carbons (Fsp3) is 0.692. The highest BCUT2D eigenvalue weighted by Crippen LogP contribution is 2.28. The number of fused-ring (bicyclic) bond motifs is 1. The van der Waals surface area contributed by atoms with Crippen LogP contribution in [0, 0.1) is 12.8 Å². The first-order valence-corrected chi connectivity index (χ1v) is 12.8. The molecule has 35 heavy (non-hydrogen) atoms. The molecule has 1 atom stereocenters. The molecule has 1 saturated heterocycles. The summed E-state index contributed by atoms with van der Waals surface area (Å²) in [5.41, 5.74) is 7.46. The van der Waals surface area contributed by atoms with Gasteiger partial charge in [0.15, 0.2) is 5.65 Å². The number of carbonyl (C=O) groups is 1. The van der Waals surface area contributed by atoms with Crippen LogP contribution in [0.3, 0.4) is 0 Å². The van der Waals surface area contributed by atoms with Gasteiger partial charge in [-0.25, -0.2) is 14.6 Å². The van der Waals surface area contributed by atoms with Crippen LogP contribution in [0.1, 0.15) is 65.1 Å². The molecule has 0 aromatic carbocycles. The number of hydrogen-bond donors (Lipinski definition) is 1. The molecule has 0 aliphatic carbocycles. The first-order chi connectivity index (χ1) is 16.6. The van der Waals surface area contributed by atoms with Crippen LogP contribution in [0.25, 0.3) is 11.0 Å². The third-order valence-electron chi connectivity index (χ3n) is 6.71. The monoisotopic (exact) mass is 485 g/mol. The maximum absolute atomic E-state index is 12.9. The zero-order valence-corrected chi connectivity index (χ0v) is 22.3. The van der Waals surface area contributed by atoms with E-state index in [0.717, 1.165) is 68.7 Å². The summed E-state index contributed by atoms with van der Waals surface area (Å²) >= 11 is 0. The number of piperidine rings is 1. The molecule has 0 spiro atoms. The third kappa shape index (κ3) is 7.48. The summed E-state index contributed by atoms with van der Waals surface area (Å²) in [4.78, 5) is 25.5. The molecule has 0 radical (unpaired) electrons. The zero-order valence-electron chi connectivity index (χ0n) is 22.3. The van der Waals surface area contributed by atoms with Crippen molar-refractivity contribution in [1.82, 2.24) is 29.5 Å². The average molecular weight is 486 g/mol. The molecule has 1 amide bonds. The highest BCUT2D eigenvalue weighted by molar-refractivity contribution is 5.88. The van der Waals surface area contributed by atoms with Crippen LogP contribution in [0.2, 0.25) is 0 Å². The van der Waals surface area contributed by atoms with Gasteiger partial charge in [-0.1, -0.05) is 19.9 Å². The summed E-state index contributed by atoms with van der Waals surface area (Å²) in [6, 6.07) is 0.0761. The van der Waals surface area contributed by atoms with Crippen molar-refractivity contribution in [1.29, 1.82) is 0 Å². The van der Waals surface area contributed by atoms with Gasteiger partial charge in [0.2, 0.25) is 5.91 Å². The number of amides is 1. The molecule has 1 aliphatic heterocycles. The Morgan fingerprint density at radius 1 is 1.37 bits per heavy atom. The van der Waals surface area contributed by atoms with Gasteiger partial charge < -0.3 is 20.3 Å². The van der Waals surface area contributed by atoms with E-state index in [-0.39, 0.29) is 17.6 Å². The number of aromatic nitrogens is 4. The van der Waals surface area contributed by atoms with Crippen LogP contribution in [-0.4, -0.2) is 80.9 Å². The molecular weight excluding hydrogens is 442 g/mol. The van der Waals surface area contributed by atoms with Crippen molar-refractivity contribution in [2.75, 3.05) is 45.6 Å². The van der Waals surface area contributed by atoms with Gasteiger partial charge in [0, 0.05) is 38.9 Å². The Morgan fingerprint density at radius 3 is 2.89 bits per heavy atom. The normalized spacial score (nSPS) is 17.4. The molecule has 9 nitrogen and oxygen atoms in total. The van der Waals surface area contributed by atoms with E-state index >= 15 is 0 Å². The number of carbonyl (C=O) groups excluding carboxylic acids is 1. The van der Waals surface area contributed by atoms with E-state index < -0.39 is 0 Å². The summed E-state index contributed by atoms with van der Waals surface area (Å²) in [6.07, 6.45) is 9.04. The van der Waals surface area contributed by atoms with E-state index in [2.05, 4.69) is 54.7 Å². The average Bonchev–Trinajstić information content (AvgIpc) is 3.15. The lowest BCUT2D eigenvalue weighted by molar-refractivity contribution is -0.127. The van der Waals surface area contributed by atoms with Crippen LogP contribution in [0.5, 0.6) is 0 Å². The van der Waals surface area contributed by atoms with E-state index in [9.17, 15) is 4.79 Å². The number of likely N-dealkylation sites (tertiary alicyclic amines) is 1. The SMILES string of the molecule is Cc1nn(C2CCCN(C(=O)/C=C/CN(C)CCC(C)(C)OCCC(C)C)C2)c2ncnc(N)c12. The second kappa shape index (κ2) is 11.9. The second-order valence-electron chi connectivity index (χ2n) is 10.8.